The van der Waals surface area contributed by atoms with Gasteiger partial charge in [0, 0.05) is 32.2 Å². The van der Waals surface area contributed by atoms with Crippen LogP contribution in [0.2, 0.25) is 0 Å². The van der Waals surface area contributed by atoms with Crippen LogP contribution in [0.1, 0.15) is 24.4 Å². The number of carboxylic acid groups (broad SMARTS) is 1. The molecule has 0 aromatic heterocycles. The molecule has 0 saturated heterocycles. The van der Waals surface area contributed by atoms with Crippen molar-refractivity contribution in [3.05, 3.63) is 29.6 Å². The molecular formula is C12H17FN2O2. The third kappa shape index (κ3) is 3.71. The average molecular weight is 240 g/mol. The smallest absolute Gasteiger partial charge is 0.303 e. The molecule has 3 N–H and O–H groups in total. The van der Waals surface area contributed by atoms with E-state index in [1.807, 2.05) is 0 Å². The predicted molar refractivity (Wildman–Crippen MR) is 64.5 cm³/mol. The molecule has 0 aliphatic carbocycles. The number of carboxylic acids is 1. The molecule has 0 radical (unpaired) electrons. The van der Waals surface area contributed by atoms with E-state index in [1.165, 1.54) is 12.1 Å². The minimum Gasteiger partial charge on any atom is -0.481 e. The first-order valence-corrected chi connectivity index (χ1v) is 5.36. The Kier molecular flexibility index (Phi) is 4.45. The molecule has 1 aromatic rings. The largest absolute Gasteiger partial charge is 0.481 e. The van der Waals surface area contributed by atoms with Gasteiger partial charge in [0.25, 0.3) is 0 Å². The van der Waals surface area contributed by atoms with E-state index < -0.39 is 12.0 Å². The number of aliphatic carboxylic acids is 1. The topological polar surface area (TPSA) is 66.6 Å². The van der Waals surface area contributed by atoms with Gasteiger partial charge in [0.2, 0.25) is 0 Å². The van der Waals surface area contributed by atoms with E-state index >= 15 is 0 Å². The highest BCUT2D eigenvalue weighted by Crippen LogP contribution is 2.27. The molecule has 1 atom stereocenters. The van der Waals surface area contributed by atoms with Gasteiger partial charge in [-0.3, -0.25) is 4.79 Å². The summed E-state index contributed by atoms with van der Waals surface area (Å²) in [5.74, 6) is -1.21. The lowest BCUT2D eigenvalue weighted by Gasteiger charge is -2.21. The van der Waals surface area contributed by atoms with Crippen molar-refractivity contribution in [1.82, 2.24) is 0 Å². The van der Waals surface area contributed by atoms with Gasteiger partial charge in [0.05, 0.1) is 0 Å². The highest BCUT2D eigenvalue weighted by molar-refractivity contribution is 5.67. The van der Waals surface area contributed by atoms with Gasteiger partial charge >= 0.3 is 5.97 Å². The summed E-state index contributed by atoms with van der Waals surface area (Å²) in [7, 11) is 3.59. The van der Waals surface area contributed by atoms with Crippen molar-refractivity contribution in [3.8, 4) is 0 Å². The molecular weight excluding hydrogens is 223 g/mol. The lowest BCUT2D eigenvalue weighted by atomic mass is 10.0. The zero-order valence-corrected chi connectivity index (χ0v) is 9.98. The van der Waals surface area contributed by atoms with Gasteiger partial charge in [-0.25, -0.2) is 4.39 Å². The monoisotopic (exact) mass is 240 g/mol. The maximum absolute atomic E-state index is 13.1. The molecule has 17 heavy (non-hydrogen) atoms. The Balaban J connectivity index is 2.92. The van der Waals surface area contributed by atoms with E-state index in [4.69, 9.17) is 10.8 Å². The minimum absolute atomic E-state index is 0.00537. The molecule has 1 unspecified atom stereocenters. The Morgan fingerprint density at radius 1 is 1.53 bits per heavy atom. The van der Waals surface area contributed by atoms with Gasteiger partial charge in [-0.1, -0.05) is 6.07 Å². The standard InChI is InChI=1S/C12H17FN2O2/c1-15(2)11-7-8(13)3-4-9(11)10(14)5-6-12(16)17/h3-4,7,10H,5-6,14H2,1-2H3,(H,16,17). The molecule has 0 spiro atoms. The average Bonchev–Trinajstić information content (AvgIpc) is 2.25. The van der Waals surface area contributed by atoms with Gasteiger partial charge in [0.15, 0.2) is 0 Å². The molecule has 0 heterocycles. The summed E-state index contributed by atoms with van der Waals surface area (Å²) in [6.45, 7) is 0. The van der Waals surface area contributed by atoms with Crippen LogP contribution in [0.25, 0.3) is 0 Å². The second-order valence-corrected chi connectivity index (χ2v) is 4.14. The van der Waals surface area contributed by atoms with E-state index in [9.17, 15) is 9.18 Å². The summed E-state index contributed by atoms with van der Waals surface area (Å²) in [5.41, 5.74) is 7.36. The van der Waals surface area contributed by atoms with E-state index in [2.05, 4.69) is 0 Å². The van der Waals surface area contributed by atoms with Crippen LogP contribution in [0.4, 0.5) is 10.1 Å². The fourth-order valence-electron chi connectivity index (χ4n) is 1.65. The van der Waals surface area contributed by atoms with E-state index in [-0.39, 0.29) is 12.2 Å². The summed E-state index contributed by atoms with van der Waals surface area (Å²) in [4.78, 5) is 12.2. The van der Waals surface area contributed by atoms with Gasteiger partial charge in [-0.05, 0) is 24.1 Å². The third-order valence-corrected chi connectivity index (χ3v) is 2.54. The van der Waals surface area contributed by atoms with Crippen LogP contribution in [-0.4, -0.2) is 25.2 Å². The Bertz CT molecular complexity index is 407. The SMILES string of the molecule is CN(C)c1cc(F)ccc1C(N)CCC(=O)O. The number of anilines is 1. The number of carbonyl (C=O) groups is 1. The minimum atomic E-state index is -0.881. The number of nitrogens with zero attached hydrogens (tertiary/aromatic N) is 1. The molecule has 0 aliphatic rings. The van der Waals surface area contributed by atoms with Crippen LogP contribution in [0, 0.1) is 5.82 Å². The second kappa shape index (κ2) is 5.63. The molecule has 0 amide bonds. The molecule has 4 nitrogen and oxygen atoms in total. The van der Waals surface area contributed by atoms with E-state index in [0.717, 1.165) is 5.56 Å². The molecule has 0 bridgehead atoms. The first-order valence-electron chi connectivity index (χ1n) is 5.36. The number of halogens is 1. The Morgan fingerprint density at radius 2 is 2.18 bits per heavy atom. The predicted octanol–water partition coefficient (Wildman–Crippen LogP) is 1.76. The van der Waals surface area contributed by atoms with Crippen LogP contribution < -0.4 is 10.6 Å². The van der Waals surface area contributed by atoms with Crippen LogP contribution in [0.15, 0.2) is 18.2 Å². The number of rotatable bonds is 5. The van der Waals surface area contributed by atoms with Gasteiger partial charge in [-0.2, -0.15) is 0 Å². The molecule has 1 aromatic carbocycles. The highest BCUT2D eigenvalue weighted by atomic mass is 19.1. The number of nitrogens with two attached hydrogens (primary N) is 1. The quantitative estimate of drug-likeness (QED) is 0.823. The van der Waals surface area contributed by atoms with Crippen LogP contribution in [-0.2, 0) is 4.79 Å². The second-order valence-electron chi connectivity index (χ2n) is 4.14. The van der Waals surface area contributed by atoms with Crippen molar-refractivity contribution >= 4 is 11.7 Å². The van der Waals surface area contributed by atoms with Crippen molar-refractivity contribution in [3.63, 3.8) is 0 Å². The maximum atomic E-state index is 13.1. The van der Waals surface area contributed by atoms with Gasteiger partial charge < -0.3 is 15.7 Å². The normalized spacial score (nSPS) is 12.2. The van der Waals surface area contributed by atoms with Crippen molar-refractivity contribution in [2.45, 2.75) is 18.9 Å². The lowest BCUT2D eigenvalue weighted by Crippen LogP contribution is -2.18. The van der Waals surface area contributed by atoms with Crippen molar-refractivity contribution in [2.75, 3.05) is 19.0 Å². The number of hydrogen-bond acceptors (Lipinski definition) is 3. The zero-order valence-electron chi connectivity index (χ0n) is 9.98. The van der Waals surface area contributed by atoms with Gasteiger partial charge in [0.1, 0.15) is 5.82 Å². The van der Waals surface area contributed by atoms with Crippen LogP contribution in [0.3, 0.4) is 0 Å². The summed E-state index contributed by atoms with van der Waals surface area (Å²) >= 11 is 0. The lowest BCUT2D eigenvalue weighted by molar-refractivity contribution is -0.137. The highest BCUT2D eigenvalue weighted by Gasteiger charge is 2.14. The number of benzene rings is 1. The van der Waals surface area contributed by atoms with Gasteiger partial charge in [-0.15, -0.1) is 0 Å². The first kappa shape index (κ1) is 13.4. The molecule has 0 fully saturated rings. The molecule has 94 valence electrons. The van der Waals surface area contributed by atoms with Crippen LogP contribution in [0.5, 0.6) is 0 Å². The molecule has 5 heteroatoms. The Hall–Kier alpha value is -1.62. The molecule has 0 saturated carbocycles. The van der Waals surface area contributed by atoms with Crippen molar-refractivity contribution < 1.29 is 14.3 Å². The zero-order chi connectivity index (χ0) is 13.0. The number of hydrogen-bond donors (Lipinski definition) is 2. The van der Waals surface area contributed by atoms with E-state index in [1.54, 1.807) is 25.1 Å². The molecule has 1 rings (SSSR count). The van der Waals surface area contributed by atoms with Crippen molar-refractivity contribution in [2.24, 2.45) is 5.73 Å². The third-order valence-electron chi connectivity index (χ3n) is 2.54. The summed E-state index contributed by atoms with van der Waals surface area (Å²) in [6.07, 6.45) is 0.340. The first-order chi connectivity index (χ1) is 7.91. The maximum Gasteiger partial charge on any atom is 0.303 e. The fourth-order valence-corrected chi connectivity index (χ4v) is 1.65. The summed E-state index contributed by atoms with van der Waals surface area (Å²) in [5, 5.41) is 8.61. The summed E-state index contributed by atoms with van der Waals surface area (Å²) < 4.78 is 13.1. The Morgan fingerprint density at radius 3 is 2.71 bits per heavy atom. The fraction of sp³-hybridized carbons (Fsp3) is 0.417. The van der Waals surface area contributed by atoms with Crippen LogP contribution >= 0.6 is 0 Å². The Labute approximate surface area is 99.8 Å². The van der Waals surface area contributed by atoms with Crippen molar-refractivity contribution in [1.29, 1.82) is 0 Å². The van der Waals surface area contributed by atoms with E-state index in [0.29, 0.717) is 12.1 Å². The molecule has 0 aliphatic heterocycles. The summed E-state index contributed by atoms with van der Waals surface area (Å²) in [6, 6.07) is 3.94.